The molecule has 1 aliphatic heterocycles. The number of H-pyrrole nitrogens is 1. The van der Waals surface area contributed by atoms with Crippen LogP contribution < -0.4 is 10.6 Å². The second kappa shape index (κ2) is 6.81. The highest BCUT2D eigenvalue weighted by molar-refractivity contribution is 8.00. The third-order valence-corrected chi connectivity index (χ3v) is 5.69. The van der Waals surface area contributed by atoms with Crippen molar-refractivity contribution in [2.45, 2.75) is 21.5 Å². The standard InChI is InChI=1S/C17H15N5OS2/c18-15(23)10-24-17-19-16(20-21-17)9-22-11-5-1-3-7-13(11)25-14-8-4-2-6-12(14)22/h1-8H,9-10H2,(H2,18,23)(H,19,20,21). The summed E-state index contributed by atoms with van der Waals surface area (Å²) < 4.78 is 0. The molecule has 126 valence electrons. The van der Waals surface area contributed by atoms with Crippen molar-refractivity contribution in [3.8, 4) is 0 Å². The zero-order chi connectivity index (χ0) is 17.2. The first-order chi connectivity index (χ1) is 12.2. The lowest BCUT2D eigenvalue weighted by Crippen LogP contribution is -2.20. The Labute approximate surface area is 153 Å². The van der Waals surface area contributed by atoms with Crippen molar-refractivity contribution in [2.75, 3.05) is 10.7 Å². The molecule has 0 unspecified atom stereocenters. The number of para-hydroxylation sites is 2. The summed E-state index contributed by atoms with van der Waals surface area (Å²) in [5.41, 5.74) is 7.46. The smallest absolute Gasteiger partial charge is 0.227 e. The fourth-order valence-electron chi connectivity index (χ4n) is 2.65. The molecule has 0 saturated heterocycles. The Bertz CT molecular complexity index is 881. The number of hydrogen-bond donors (Lipinski definition) is 2. The maximum Gasteiger partial charge on any atom is 0.227 e. The number of hydrogen-bond acceptors (Lipinski definition) is 6. The molecule has 0 atom stereocenters. The molecule has 0 spiro atoms. The van der Waals surface area contributed by atoms with Gasteiger partial charge in [0.1, 0.15) is 5.82 Å². The van der Waals surface area contributed by atoms with Gasteiger partial charge in [0.25, 0.3) is 0 Å². The van der Waals surface area contributed by atoms with Crippen molar-refractivity contribution in [1.29, 1.82) is 0 Å². The third-order valence-electron chi connectivity index (χ3n) is 3.69. The molecule has 6 nitrogen and oxygen atoms in total. The molecule has 8 heteroatoms. The van der Waals surface area contributed by atoms with Gasteiger partial charge in [0.15, 0.2) is 0 Å². The summed E-state index contributed by atoms with van der Waals surface area (Å²) in [4.78, 5) is 20.0. The number of amides is 1. The molecule has 2 aromatic carbocycles. The van der Waals surface area contributed by atoms with Gasteiger partial charge in [-0.15, -0.1) is 5.10 Å². The Kier molecular flexibility index (Phi) is 4.37. The molecule has 2 heterocycles. The van der Waals surface area contributed by atoms with Gasteiger partial charge in [0, 0.05) is 9.79 Å². The van der Waals surface area contributed by atoms with E-state index in [1.165, 1.54) is 21.6 Å². The number of aromatic nitrogens is 3. The summed E-state index contributed by atoms with van der Waals surface area (Å²) >= 11 is 3.00. The number of nitrogens with two attached hydrogens (primary N) is 1. The van der Waals surface area contributed by atoms with Gasteiger partial charge in [-0.2, -0.15) is 0 Å². The Morgan fingerprint density at radius 1 is 1.12 bits per heavy atom. The average molecular weight is 369 g/mol. The number of primary amides is 1. The molecule has 3 N–H and O–H groups in total. The van der Waals surface area contributed by atoms with Crippen molar-refractivity contribution in [1.82, 2.24) is 15.2 Å². The fourth-order valence-corrected chi connectivity index (χ4v) is 4.30. The maximum atomic E-state index is 10.9. The summed E-state index contributed by atoms with van der Waals surface area (Å²) in [6.45, 7) is 0.568. The number of nitrogens with one attached hydrogen (secondary N) is 1. The van der Waals surface area contributed by atoms with Crippen molar-refractivity contribution >= 4 is 40.8 Å². The maximum absolute atomic E-state index is 10.9. The molecule has 25 heavy (non-hydrogen) atoms. The van der Waals surface area contributed by atoms with E-state index in [-0.39, 0.29) is 11.7 Å². The van der Waals surface area contributed by atoms with E-state index in [1.54, 1.807) is 11.8 Å². The predicted octanol–water partition coefficient (Wildman–Crippen LogP) is 3.19. The van der Waals surface area contributed by atoms with Crippen molar-refractivity contribution < 1.29 is 4.79 Å². The molecule has 0 aliphatic carbocycles. The summed E-state index contributed by atoms with van der Waals surface area (Å²) in [6, 6.07) is 16.6. The number of aromatic amines is 1. The van der Waals surface area contributed by atoms with Crippen molar-refractivity contribution in [2.24, 2.45) is 5.73 Å². The highest BCUT2D eigenvalue weighted by Gasteiger charge is 2.23. The van der Waals surface area contributed by atoms with Gasteiger partial charge in [-0.3, -0.25) is 9.89 Å². The highest BCUT2D eigenvalue weighted by Crippen LogP contribution is 2.48. The molecule has 0 saturated carbocycles. The fraction of sp³-hybridized carbons (Fsp3) is 0.118. The molecule has 4 rings (SSSR count). The van der Waals surface area contributed by atoms with E-state index >= 15 is 0 Å². The van der Waals surface area contributed by atoms with Crippen molar-refractivity contribution in [3.05, 3.63) is 54.4 Å². The summed E-state index contributed by atoms with van der Waals surface area (Å²) in [7, 11) is 0. The first-order valence-electron chi connectivity index (χ1n) is 7.66. The lowest BCUT2D eigenvalue weighted by molar-refractivity contribution is -0.115. The summed E-state index contributed by atoms with van der Waals surface area (Å²) in [5.74, 6) is 0.527. The molecular weight excluding hydrogens is 354 g/mol. The number of rotatable bonds is 5. The Hall–Kier alpha value is -2.45. The van der Waals surface area contributed by atoms with Crippen LogP contribution >= 0.6 is 23.5 Å². The number of anilines is 2. The van der Waals surface area contributed by atoms with E-state index in [9.17, 15) is 4.79 Å². The number of fused-ring (bicyclic) bond motifs is 2. The molecule has 1 amide bonds. The van der Waals surface area contributed by atoms with Crippen LogP contribution in [-0.2, 0) is 11.3 Å². The number of thioether (sulfide) groups is 1. The number of carbonyl (C=O) groups excluding carboxylic acids is 1. The second-order valence-corrected chi connectivity index (χ2v) is 7.47. The molecule has 1 aliphatic rings. The average Bonchev–Trinajstić information content (AvgIpc) is 3.07. The normalized spacial score (nSPS) is 12.6. The van der Waals surface area contributed by atoms with Gasteiger partial charge in [0.05, 0.1) is 23.7 Å². The van der Waals surface area contributed by atoms with Gasteiger partial charge < -0.3 is 10.6 Å². The van der Waals surface area contributed by atoms with Crippen molar-refractivity contribution in [3.63, 3.8) is 0 Å². The van der Waals surface area contributed by atoms with Crippen LogP contribution in [0.25, 0.3) is 0 Å². The van der Waals surface area contributed by atoms with Gasteiger partial charge in [-0.1, -0.05) is 47.8 Å². The van der Waals surface area contributed by atoms with Crippen LogP contribution in [0.15, 0.2) is 63.5 Å². The van der Waals surface area contributed by atoms with Gasteiger partial charge in [0.2, 0.25) is 11.1 Å². The first kappa shape index (κ1) is 16.0. The van der Waals surface area contributed by atoms with E-state index in [2.05, 4.69) is 44.3 Å². The van der Waals surface area contributed by atoms with E-state index in [1.807, 2.05) is 24.3 Å². The number of benzene rings is 2. The second-order valence-electron chi connectivity index (χ2n) is 5.44. The minimum absolute atomic E-state index is 0.170. The Balaban J connectivity index is 1.63. The van der Waals surface area contributed by atoms with E-state index in [0.717, 1.165) is 17.2 Å². The van der Waals surface area contributed by atoms with Crippen LogP contribution in [0.4, 0.5) is 11.4 Å². The Morgan fingerprint density at radius 2 is 1.76 bits per heavy atom. The van der Waals surface area contributed by atoms with Crippen LogP contribution in [0, 0.1) is 0 Å². The largest absolute Gasteiger partial charge is 0.369 e. The van der Waals surface area contributed by atoms with E-state index in [0.29, 0.717) is 11.7 Å². The third kappa shape index (κ3) is 3.35. The minimum atomic E-state index is -0.382. The Morgan fingerprint density at radius 3 is 2.40 bits per heavy atom. The predicted molar refractivity (Wildman–Crippen MR) is 99.2 cm³/mol. The van der Waals surface area contributed by atoms with Gasteiger partial charge in [-0.25, -0.2) is 4.98 Å². The quantitative estimate of drug-likeness (QED) is 0.672. The molecule has 0 radical (unpaired) electrons. The number of carbonyl (C=O) groups is 1. The molecule has 3 aromatic rings. The molecule has 0 bridgehead atoms. The van der Waals surface area contributed by atoms with Crippen LogP contribution in [0.2, 0.25) is 0 Å². The highest BCUT2D eigenvalue weighted by atomic mass is 32.2. The van der Waals surface area contributed by atoms with E-state index in [4.69, 9.17) is 5.73 Å². The van der Waals surface area contributed by atoms with Crippen LogP contribution in [-0.4, -0.2) is 26.8 Å². The van der Waals surface area contributed by atoms with E-state index < -0.39 is 0 Å². The van der Waals surface area contributed by atoms with Crippen LogP contribution in [0.5, 0.6) is 0 Å². The van der Waals surface area contributed by atoms with Crippen LogP contribution in [0.3, 0.4) is 0 Å². The molecular formula is C17H15N5OS2. The minimum Gasteiger partial charge on any atom is -0.369 e. The first-order valence-corrected chi connectivity index (χ1v) is 9.47. The lowest BCUT2D eigenvalue weighted by Gasteiger charge is -2.31. The van der Waals surface area contributed by atoms with Crippen LogP contribution in [0.1, 0.15) is 5.82 Å². The molecule has 0 fully saturated rings. The lowest BCUT2D eigenvalue weighted by atomic mass is 10.2. The summed E-state index contributed by atoms with van der Waals surface area (Å²) in [5, 5.41) is 7.64. The SMILES string of the molecule is NC(=O)CSc1n[nH]c(CN2c3ccccc3Sc3ccccc32)n1. The zero-order valence-electron chi connectivity index (χ0n) is 13.2. The monoisotopic (exact) mass is 369 g/mol. The van der Waals surface area contributed by atoms with Gasteiger partial charge in [-0.05, 0) is 24.3 Å². The topological polar surface area (TPSA) is 87.9 Å². The molecule has 1 aromatic heterocycles. The summed E-state index contributed by atoms with van der Waals surface area (Å²) in [6.07, 6.45) is 0. The van der Waals surface area contributed by atoms with Gasteiger partial charge >= 0.3 is 0 Å². The zero-order valence-corrected chi connectivity index (χ0v) is 14.8. The number of nitrogens with zero attached hydrogens (tertiary/aromatic N) is 3.